The van der Waals surface area contributed by atoms with E-state index in [2.05, 4.69) is 47.7 Å². The summed E-state index contributed by atoms with van der Waals surface area (Å²) in [7, 11) is 0. The molecular formula is C17H21N3O. The zero-order valence-electron chi connectivity index (χ0n) is 12.4. The van der Waals surface area contributed by atoms with Gasteiger partial charge in [0, 0.05) is 0 Å². The van der Waals surface area contributed by atoms with Gasteiger partial charge in [0.05, 0.1) is 11.5 Å². The van der Waals surface area contributed by atoms with Crippen molar-refractivity contribution in [1.82, 2.24) is 15.5 Å². The lowest BCUT2D eigenvalue weighted by Crippen LogP contribution is -2.31. The minimum Gasteiger partial charge on any atom is -0.338 e. The summed E-state index contributed by atoms with van der Waals surface area (Å²) in [5, 5.41) is 7.80. The molecule has 2 aliphatic rings. The molecule has 21 heavy (non-hydrogen) atoms. The maximum absolute atomic E-state index is 5.58. The third-order valence-corrected chi connectivity index (χ3v) is 4.91. The van der Waals surface area contributed by atoms with Crippen LogP contribution in [0.2, 0.25) is 0 Å². The lowest BCUT2D eigenvalue weighted by atomic mass is 9.94. The number of nitrogens with zero attached hydrogens (tertiary/aromatic N) is 2. The summed E-state index contributed by atoms with van der Waals surface area (Å²) in [4.78, 5) is 4.74. The van der Waals surface area contributed by atoms with Crippen molar-refractivity contribution in [3.8, 4) is 0 Å². The van der Waals surface area contributed by atoms with Crippen LogP contribution in [-0.4, -0.2) is 16.7 Å². The summed E-state index contributed by atoms with van der Waals surface area (Å²) in [5.74, 6) is 2.35. The van der Waals surface area contributed by atoms with Crippen LogP contribution in [-0.2, 0) is 5.41 Å². The fourth-order valence-electron chi connectivity index (χ4n) is 3.39. The van der Waals surface area contributed by atoms with Gasteiger partial charge in [-0.2, -0.15) is 4.98 Å². The molecule has 1 aromatic heterocycles. The third kappa shape index (κ3) is 2.27. The molecule has 0 amide bonds. The summed E-state index contributed by atoms with van der Waals surface area (Å²) < 4.78 is 5.58. The average Bonchev–Trinajstić information content (AvgIpc) is 3.18. The second-order valence-electron chi connectivity index (χ2n) is 6.54. The Kier molecular flexibility index (Phi) is 3.07. The monoisotopic (exact) mass is 283 g/mol. The lowest BCUT2D eigenvalue weighted by molar-refractivity contribution is 0.259. The predicted octanol–water partition coefficient (Wildman–Crippen LogP) is 3.21. The minimum absolute atomic E-state index is 0.00327. The molecule has 2 unspecified atom stereocenters. The van der Waals surface area contributed by atoms with Crippen LogP contribution in [0.4, 0.5) is 0 Å². The Morgan fingerprint density at radius 2 is 2.05 bits per heavy atom. The Morgan fingerprint density at radius 1 is 1.24 bits per heavy atom. The quantitative estimate of drug-likeness (QED) is 0.939. The highest BCUT2D eigenvalue weighted by Gasteiger charge is 2.50. The van der Waals surface area contributed by atoms with Crippen LogP contribution in [0.5, 0.6) is 0 Å². The molecule has 4 rings (SSSR count). The molecule has 2 aromatic rings. The van der Waals surface area contributed by atoms with E-state index >= 15 is 0 Å². The normalized spacial score (nSPS) is 27.5. The summed E-state index contributed by atoms with van der Waals surface area (Å²) in [6.07, 6.45) is 4.54. The van der Waals surface area contributed by atoms with Gasteiger partial charge >= 0.3 is 0 Å². The van der Waals surface area contributed by atoms with Crippen LogP contribution in [0.25, 0.3) is 0 Å². The largest absolute Gasteiger partial charge is 0.338 e. The van der Waals surface area contributed by atoms with E-state index in [9.17, 15) is 0 Å². The van der Waals surface area contributed by atoms with E-state index in [1.54, 1.807) is 0 Å². The van der Waals surface area contributed by atoms with E-state index in [1.807, 2.05) is 0 Å². The predicted molar refractivity (Wildman–Crippen MR) is 79.9 cm³/mol. The van der Waals surface area contributed by atoms with Gasteiger partial charge in [-0.1, -0.05) is 42.4 Å². The Morgan fingerprint density at radius 3 is 2.76 bits per heavy atom. The molecule has 2 heterocycles. The van der Waals surface area contributed by atoms with E-state index in [0.29, 0.717) is 0 Å². The standard InChI is InChI=1S/C17H21N3O/c1-12-7-10-18-14(11-12)15-19-16(20-21-15)17(8-9-17)13-5-3-2-4-6-13/h2-6,12,14,18H,7-11H2,1H3. The molecule has 0 bridgehead atoms. The van der Waals surface area contributed by atoms with Gasteiger partial charge in [0.15, 0.2) is 5.82 Å². The summed E-state index contributed by atoms with van der Waals surface area (Å²) in [5.41, 5.74) is 1.31. The number of nitrogens with one attached hydrogen (secondary N) is 1. The highest BCUT2D eigenvalue weighted by molar-refractivity contribution is 5.38. The van der Waals surface area contributed by atoms with Gasteiger partial charge in [-0.3, -0.25) is 0 Å². The molecule has 2 fully saturated rings. The summed E-state index contributed by atoms with van der Waals surface area (Å²) >= 11 is 0. The Hall–Kier alpha value is -1.68. The first-order valence-corrected chi connectivity index (χ1v) is 7.91. The molecule has 4 heteroatoms. The van der Waals surface area contributed by atoms with Crippen molar-refractivity contribution in [2.24, 2.45) is 5.92 Å². The average molecular weight is 283 g/mol. The summed E-state index contributed by atoms with van der Waals surface area (Å²) in [6, 6.07) is 10.8. The van der Waals surface area contributed by atoms with Crippen LogP contribution in [0, 0.1) is 5.92 Å². The number of aromatic nitrogens is 2. The van der Waals surface area contributed by atoms with Crippen molar-refractivity contribution in [2.45, 2.75) is 44.1 Å². The first-order valence-electron chi connectivity index (χ1n) is 7.91. The van der Waals surface area contributed by atoms with E-state index in [0.717, 1.165) is 43.4 Å². The highest BCUT2D eigenvalue weighted by Crippen LogP contribution is 2.52. The Balaban J connectivity index is 1.60. The third-order valence-electron chi connectivity index (χ3n) is 4.91. The molecule has 4 nitrogen and oxygen atoms in total. The molecule has 1 aliphatic carbocycles. The molecule has 1 aromatic carbocycles. The molecular weight excluding hydrogens is 262 g/mol. The molecule has 110 valence electrons. The second kappa shape index (κ2) is 4.95. The smallest absolute Gasteiger partial charge is 0.243 e. The van der Waals surface area contributed by atoms with Crippen molar-refractivity contribution in [1.29, 1.82) is 0 Å². The number of hydrogen-bond acceptors (Lipinski definition) is 4. The van der Waals surface area contributed by atoms with Crippen molar-refractivity contribution >= 4 is 0 Å². The van der Waals surface area contributed by atoms with Gasteiger partial charge < -0.3 is 9.84 Å². The van der Waals surface area contributed by atoms with Gasteiger partial charge in [0.2, 0.25) is 5.89 Å². The lowest BCUT2D eigenvalue weighted by Gasteiger charge is -2.25. The number of hydrogen-bond donors (Lipinski definition) is 1. The molecule has 0 radical (unpaired) electrons. The Bertz CT molecular complexity index is 618. The fraction of sp³-hybridized carbons (Fsp3) is 0.529. The van der Waals surface area contributed by atoms with Crippen LogP contribution in [0.3, 0.4) is 0 Å². The molecule has 1 N–H and O–H groups in total. The molecule has 1 aliphatic heterocycles. The maximum Gasteiger partial charge on any atom is 0.243 e. The van der Waals surface area contributed by atoms with E-state index < -0.39 is 0 Å². The van der Waals surface area contributed by atoms with Crippen LogP contribution in [0.15, 0.2) is 34.9 Å². The minimum atomic E-state index is 0.00327. The van der Waals surface area contributed by atoms with Gasteiger partial charge in [-0.15, -0.1) is 0 Å². The highest BCUT2D eigenvalue weighted by atomic mass is 16.5. The summed E-state index contributed by atoms with van der Waals surface area (Å²) in [6.45, 7) is 3.32. The van der Waals surface area contributed by atoms with E-state index in [-0.39, 0.29) is 11.5 Å². The van der Waals surface area contributed by atoms with Gasteiger partial charge in [-0.25, -0.2) is 0 Å². The van der Waals surface area contributed by atoms with Crippen molar-refractivity contribution in [3.63, 3.8) is 0 Å². The van der Waals surface area contributed by atoms with E-state index in [4.69, 9.17) is 9.51 Å². The molecule has 1 saturated heterocycles. The first-order chi connectivity index (χ1) is 10.3. The SMILES string of the molecule is CC1CCNC(c2nc(C3(c4ccccc4)CC3)no2)C1. The molecule has 1 saturated carbocycles. The topological polar surface area (TPSA) is 51.0 Å². The van der Waals surface area contributed by atoms with Crippen molar-refractivity contribution in [2.75, 3.05) is 6.54 Å². The van der Waals surface area contributed by atoms with Crippen LogP contribution in [0.1, 0.15) is 55.9 Å². The number of benzene rings is 1. The molecule has 2 atom stereocenters. The fourth-order valence-corrected chi connectivity index (χ4v) is 3.39. The van der Waals surface area contributed by atoms with Gasteiger partial charge in [0.25, 0.3) is 0 Å². The Labute approximate surface area is 124 Å². The van der Waals surface area contributed by atoms with Crippen molar-refractivity contribution < 1.29 is 4.52 Å². The number of rotatable bonds is 3. The zero-order chi connectivity index (χ0) is 14.3. The zero-order valence-corrected chi connectivity index (χ0v) is 12.4. The maximum atomic E-state index is 5.58. The second-order valence-corrected chi connectivity index (χ2v) is 6.54. The molecule has 0 spiro atoms. The van der Waals surface area contributed by atoms with Gasteiger partial charge in [0.1, 0.15) is 0 Å². The van der Waals surface area contributed by atoms with Crippen LogP contribution < -0.4 is 5.32 Å². The van der Waals surface area contributed by atoms with Gasteiger partial charge in [-0.05, 0) is 43.7 Å². The number of piperidine rings is 1. The first kappa shape index (κ1) is 13.0. The van der Waals surface area contributed by atoms with E-state index in [1.165, 1.54) is 12.0 Å². The van der Waals surface area contributed by atoms with Crippen LogP contribution >= 0.6 is 0 Å². The van der Waals surface area contributed by atoms with Crippen molar-refractivity contribution in [3.05, 3.63) is 47.6 Å².